The van der Waals surface area contributed by atoms with E-state index < -0.39 is 0 Å². The van der Waals surface area contributed by atoms with Crippen LogP contribution in [0.4, 0.5) is 0 Å². The van der Waals surface area contributed by atoms with Gasteiger partial charge in [0.05, 0.1) is 12.7 Å². The van der Waals surface area contributed by atoms with Crippen LogP contribution in [-0.2, 0) is 11.3 Å². The van der Waals surface area contributed by atoms with Gasteiger partial charge in [-0.1, -0.05) is 12.1 Å². The van der Waals surface area contributed by atoms with Crippen LogP contribution in [-0.4, -0.2) is 32.1 Å². The third-order valence-electron chi connectivity index (χ3n) is 2.48. The number of carbonyl (C=O) groups is 1. The summed E-state index contributed by atoms with van der Waals surface area (Å²) in [7, 11) is 3.11. The second-order valence-electron chi connectivity index (χ2n) is 4.41. The molecule has 0 saturated heterocycles. The Labute approximate surface area is 114 Å². The standard InChI is InChI=1S/C14H21N3O2/c1-10(2)17-14(15-3)16-9-11-5-7-12(8-6-11)13(18)19-4/h5-8,10H,9H2,1-4H3,(H2,15,16,17). The van der Waals surface area contributed by atoms with Crippen molar-refractivity contribution in [2.45, 2.75) is 26.4 Å². The van der Waals surface area contributed by atoms with E-state index in [0.29, 0.717) is 18.2 Å². The van der Waals surface area contributed by atoms with E-state index in [2.05, 4.69) is 34.2 Å². The molecule has 5 heteroatoms. The van der Waals surface area contributed by atoms with Gasteiger partial charge in [0.2, 0.25) is 0 Å². The Hall–Kier alpha value is -2.04. The molecule has 0 bridgehead atoms. The summed E-state index contributed by atoms with van der Waals surface area (Å²) in [6, 6.07) is 7.61. The summed E-state index contributed by atoms with van der Waals surface area (Å²) in [5.41, 5.74) is 1.62. The van der Waals surface area contributed by atoms with Crippen molar-refractivity contribution in [2.75, 3.05) is 14.2 Å². The molecule has 2 N–H and O–H groups in total. The van der Waals surface area contributed by atoms with Crippen LogP contribution in [0.1, 0.15) is 29.8 Å². The van der Waals surface area contributed by atoms with Crippen LogP contribution in [0.15, 0.2) is 29.3 Å². The number of ether oxygens (including phenoxy) is 1. The minimum absolute atomic E-state index is 0.322. The van der Waals surface area contributed by atoms with Crippen molar-refractivity contribution in [2.24, 2.45) is 4.99 Å². The lowest BCUT2D eigenvalue weighted by Crippen LogP contribution is -2.40. The average Bonchev–Trinajstić information content (AvgIpc) is 2.42. The number of benzene rings is 1. The zero-order valence-electron chi connectivity index (χ0n) is 11.9. The number of hydrogen-bond acceptors (Lipinski definition) is 3. The lowest BCUT2D eigenvalue weighted by molar-refractivity contribution is 0.0600. The van der Waals surface area contributed by atoms with E-state index in [-0.39, 0.29) is 5.97 Å². The van der Waals surface area contributed by atoms with E-state index >= 15 is 0 Å². The van der Waals surface area contributed by atoms with Gasteiger partial charge in [-0.05, 0) is 31.5 Å². The van der Waals surface area contributed by atoms with Crippen LogP contribution < -0.4 is 10.6 Å². The third kappa shape index (κ3) is 4.99. The predicted octanol–water partition coefficient (Wildman–Crippen LogP) is 1.55. The first-order valence-electron chi connectivity index (χ1n) is 6.21. The molecule has 0 aliphatic heterocycles. The van der Waals surface area contributed by atoms with Crippen LogP contribution in [0.5, 0.6) is 0 Å². The Balaban J connectivity index is 2.56. The van der Waals surface area contributed by atoms with Crippen molar-refractivity contribution in [1.82, 2.24) is 10.6 Å². The highest BCUT2D eigenvalue weighted by atomic mass is 16.5. The number of carbonyl (C=O) groups excluding carboxylic acids is 1. The van der Waals surface area contributed by atoms with E-state index in [0.717, 1.165) is 11.5 Å². The van der Waals surface area contributed by atoms with Gasteiger partial charge in [-0.25, -0.2) is 4.79 Å². The molecule has 0 saturated carbocycles. The van der Waals surface area contributed by atoms with Crippen LogP contribution in [0.2, 0.25) is 0 Å². The van der Waals surface area contributed by atoms with Crippen LogP contribution in [0.3, 0.4) is 0 Å². The maximum absolute atomic E-state index is 11.3. The molecule has 0 spiro atoms. The average molecular weight is 263 g/mol. The number of guanidine groups is 1. The molecular formula is C14H21N3O2. The minimum atomic E-state index is -0.322. The molecule has 0 unspecified atom stereocenters. The van der Waals surface area contributed by atoms with Gasteiger partial charge < -0.3 is 15.4 Å². The molecule has 0 radical (unpaired) electrons. The summed E-state index contributed by atoms with van der Waals surface area (Å²) >= 11 is 0. The van der Waals surface area contributed by atoms with Crippen LogP contribution in [0, 0.1) is 0 Å². The van der Waals surface area contributed by atoms with E-state index in [9.17, 15) is 4.79 Å². The number of rotatable bonds is 4. The quantitative estimate of drug-likeness (QED) is 0.491. The van der Waals surface area contributed by atoms with Gasteiger partial charge in [-0.3, -0.25) is 4.99 Å². The number of nitrogens with zero attached hydrogens (tertiary/aromatic N) is 1. The first kappa shape index (κ1) is 15.0. The summed E-state index contributed by atoms with van der Waals surface area (Å²) in [6.07, 6.45) is 0. The zero-order valence-corrected chi connectivity index (χ0v) is 11.9. The largest absolute Gasteiger partial charge is 0.465 e. The van der Waals surface area contributed by atoms with Gasteiger partial charge in [0.25, 0.3) is 0 Å². The van der Waals surface area contributed by atoms with Crippen molar-refractivity contribution in [3.05, 3.63) is 35.4 Å². The highest BCUT2D eigenvalue weighted by Gasteiger charge is 2.05. The summed E-state index contributed by atoms with van der Waals surface area (Å²) in [6.45, 7) is 4.75. The van der Waals surface area contributed by atoms with Gasteiger partial charge >= 0.3 is 5.97 Å². The van der Waals surface area contributed by atoms with Crippen molar-refractivity contribution in [3.63, 3.8) is 0 Å². The fraction of sp³-hybridized carbons (Fsp3) is 0.429. The van der Waals surface area contributed by atoms with Gasteiger partial charge in [0.15, 0.2) is 5.96 Å². The smallest absolute Gasteiger partial charge is 0.337 e. The zero-order chi connectivity index (χ0) is 14.3. The first-order valence-corrected chi connectivity index (χ1v) is 6.21. The molecule has 5 nitrogen and oxygen atoms in total. The fourth-order valence-electron chi connectivity index (χ4n) is 1.53. The Morgan fingerprint density at radius 1 is 1.32 bits per heavy atom. The minimum Gasteiger partial charge on any atom is -0.465 e. The van der Waals surface area contributed by atoms with Gasteiger partial charge in [-0.15, -0.1) is 0 Å². The fourth-order valence-corrected chi connectivity index (χ4v) is 1.53. The summed E-state index contributed by atoms with van der Waals surface area (Å²) < 4.78 is 4.65. The molecule has 104 valence electrons. The number of aliphatic imine (C=N–C) groups is 1. The molecular weight excluding hydrogens is 242 g/mol. The number of esters is 1. The molecule has 0 fully saturated rings. The van der Waals surface area contributed by atoms with E-state index in [1.807, 2.05) is 12.1 Å². The number of hydrogen-bond donors (Lipinski definition) is 2. The number of methoxy groups -OCH3 is 1. The molecule has 0 aliphatic rings. The first-order chi connectivity index (χ1) is 9.06. The molecule has 0 heterocycles. The Morgan fingerprint density at radius 2 is 1.95 bits per heavy atom. The third-order valence-corrected chi connectivity index (χ3v) is 2.48. The monoisotopic (exact) mass is 263 g/mol. The molecule has 1 rings (SSSR count). The van der Waals surface area contributed by atoms with E-state index in [4.69, 9.17) is 0 Å². The molecule has 1 aromatic rings. The van der Waals surface area contributed by atoms with Crippen molar-refractivity contribution >= 4 is 11.9 Å². The normalized spacial score (nSPS) is 11.3. The lowest BCUT2D eigenvalue weighted by Gasteiger charge is -2.14. The van der Waals surface area contributed by atoms with E-state index in [1.165, 1.54) is 7.11 Å². The maximum atomic E-state index is 11.3. The molecule has 0 aromatic heterocycles. The SMILES string of the molecule is CN=C(NCc1ccc(C(=O)OC)cc1)NC(C)C. The second kappa shape index (κ2) is 7.41. The molecule has 19 heavy (non-hydrogen) atoms. The van der Waals surface area contributed by atoms with Crippen molar-refractivity contribution in [1.29, 1.82) is 0 Å². The van der Waals surface area contributed by atoms with Crippen LogP contribution >= 0.6 is 0 Å². The Bertz CT molecular complexity index is 439. The molecule has 1 aromatic carbocycles. The predicted molar refractivity (Wildman–Crippen MR) is 76.3 cm³/mol. The highest BCUT2D eigenvalue weighted by molar-refractivity contribution is 5.89. The maximum Gasteiger partial charge on any atom is 0.337 e. The van der Waals surface area contributed by atoms with Crippen molar-refractivity contribution < 1.29 is 9.53 Å². The van der Waals surface area contributed by atoms with E-state index in [1.54, 1.807) is 19.2 Å². The summed E-state index contributed by atoms with van der Waals surface area (Å²) in [5, 5.41) is 6.41. The molecule has 0 aliphatic carbocycles. The summed E-state index contributed by atoms with van der Waals surface area (Å²) in [4.78, 5) is 15.4. The summed E-state index contributed by atoms with van der Waals surface area (Å²) in [5.74, 6) is 0.434. The Morgan fingerprint density at radius 3 is 2.42 bits per heavy atom. The van der Waals surface area contributed by atoms with Gasteiger partial charge in [0, 0.05) is 19.6 Å². The van der Waals surface area contributed by atoms with Crippen molar-refractivity contribution in [3.8, 4) is 0 Å². The van der Waals surface area contributed by atoms with Gasteiger partial charge in [-0.2, -0.15) is 0 Å². The molecule has 0 atom stereocenters. The topological polar surface area (TPSA) is 62.7 Å². The highest BCUT2D eigenvalue weighted by Crippen LogP contribution is 2.05. The Kier molecular flexibility index (Phi) is 5.85. The number of nitrogens with one attached hydrogen (secondary N) is 2. The second-order valence-corrected chi connectivity index (χ2v) is 4.41. The van der Waals surface area contributed by atoms with Crippen LogP contribution in [0.25, 0.3) is 0 Å². The van der Waals surface area contributed by atoms with Gasteiger partial charge in [0.1, 0.15) is 0 Å². The molecule has 0 amide bonds. The lowest BCUT2D eigenvalue weighted by atomic mass is 10.1.